The highest BCUT2D eigenvalue weighted by Gasteiger charge is 2.10. The van der Waals surface area contributed by atoms with Gasteiger partial charge in [0.15, 0.2) is 0 Å². The molecule has 0 radical (unpaired) electrons. The highest BCUT2D eigenvalue weighted by molar-refractivity contribution is 6.30. The molecular weight excluding hydrogens is 266 g/mol. The lowest BCUT2D eigenvalue weighted by atomic mass is 10.2. The van der Waals surface area contributed by atoms with Crippen LogP contribution in [0.2, 0.25) is 5.02 Å². The molecule has 0 aromatic heterocycles. The number of benzene rings is 3. The van der Waals surface area contributed by atoms with Crippen LogP contribution in [0.3, 0.4) is 0 Å². The highest BCUT2D eigenvalue weighted by atomic mass is 35.5. The van der Waals surface area contributed by atoms with Gasteiger partial charge in [-0.3, -0.25) is 0 Å². The van der Waals surface area contributed by atoms with Crippen LogP contribution in [0.15, 0.2) is 84.7 Å². The molecule has 0 fully saturated rings. The summed E-state index contributed by atoms with van der Waals surface area (Å²) in [4.78, 5) is 1.07. The lowest BCUT2D eigenvalue weighted by molar-refractivity contribution is 1.28. The maximum Gasteiger partial charge on any atom is 0.0645 e. The number of hydrogen-bond donors (Lipinski definition) is 0. The summed E-state index contributed by atoms with van der Waals surface area (Å²) < 4.78 is 80.7. The first-order valence-electron chi connectivity index (χ1n) is 10.7. The van der Waals surface area contributed by atoms with E-state index < -0.39 is 60.4 Å². The minimum atomic E-state index is -0.614. The van der Waals surface area contributed by atoms with Crippen molar-refractivity contribution in [2.45, 2.75) is 0 Å². The van der Waals surface area contributed by atoms with Crippen molar-refractivity contribution in [2.24, 2.45) is 0 Å². The second-order valence-corrected chi connectivity index (χ2v) is 4.20. The molecular formula is C18H14ClN. The number of halogens is 1. The second-order valence-electron chi connectivity index (χ2n) is 3.76. The highest BCUT2D eigenvalue weighted by Crippen LogP contribution is 2.34. The van der Waals surface area contributed by atoms with Crippen LogP contribution < -0.4 is 4.90 Å². The molecule has 3 rings (SSSR count). The molecule has 0 heterocycles. The topological polar surface area (TPSA) is 3.24 Å². The summed E-state index contributed by atoms with van der Waals surface area (Å²) in [6, 6.07) is -0.103. The Bertz CT molecular complexity index is 1040. The Hall–Kier alpha value is -2.25. The Kier molecular flexibility index (Phi) is 1.63. The van der Waals surface area contributed by atoms with Gasteiger partial charge in [-0.1, -0.05) is 47.9 Å². The first-order valence-corrected chi connectivity index (χ1v) is 6.06. The molecule has 0 aliphatic carbocycles. The van der Waals surface area contributed by atoms with Crippen LogP contribution in [0.25, 0.3) is 0 Å². The number of rotatable bonds is 3. The molecule has 0 amide bonds. The molecule has 20 heavy (non-hydrogen) atoms. The largest absolute Gasteiger partial charge is 0.311 e. The minimum absolute atomic E-state index is 0.205. The molecule has 0 saturated carbocycles. The average molecular weight is 290 g/mol. The minimum Gasteiger partial charge on any atom is -0.311 e. The van der Waals surface area contributed by atoms with Gasteiger partial charge in [-0.2, -0.15) is 0 Å². The average Bonchev–Trinajstić information content (AvgIpc) is 2.73. The smallest absolute Gasteiger partial charge is 0.0645 e. The molecule has 0 bridgehead atoms. The van der Waals surface area contributed by atoms with Crippen molar-refractivity contribution in [3.8, 4) is 0 Å². The maximum atomic E-state index is 8.30. The summed E-state index contributed by atoms with van der Waals surface area (Å²) in [6.07, 6.45) is 0. The van der Waals surface area contributed by atoms with E-state index in [-0.39, 0.29) is 17.1 Å². The quantitative estimate of drug-likeness (QED) is 0.588. The van der Waals surface area contributed by atoms with E-state index in [0.717, 1.165) is 4.90 Å². The fourth-order valence-corrected chi connectivity index (χ4v) is 1.80. The molecule has 0 unspecified atom stereocenters. The zero-order chi connectivity index (χ0) is 22.5. The molecule has 1 nitrogen and oxygen atoms in total. The third-order valence-corrected chi connectivity index (χ3v) is 2.76. The number of para-hydroxylation sites is 2. The Morgan fingerprint density at radius 1 is 0.650 bits per heavy atom. The van der Waals surface area contributed by atoms with Crippen LogP contribution in [0.1, 0.15) is 13.7 Å². The SMILES string of the molecule is [2H]c1c([2H])c([2H])c(N(c2ccc(Cl)cc2)c2c([2H])c([2H])c([2H])c([2H])c2[2H])c([2H])c1[2H]. The summed E-state index contributed by atoms with van der Waals surface area (Å²) in [5, 5.41) is 0.362. The monoisotopic (exact) mass is 289 g/mol. The predicted molar refractivity (Wildman–Crippen MR) is 86.1 cm³/mol. The van der Waals surface area contributed by atoms with E-state index in [1.54, 1.807) is 0 Å². The van der Waals surface area contributed by atoms with E-state index >= 15 is 0 Å². The number of nitrogens with zero attached hydrogens (tertiary/aromatic N) is 1. The van der Waals surface area contributed by atoms with Gasteiger partial charge >= 0.3 is 0 Å². The predicted octanol–water partition coefficient (Wildman–Crippen LogP) is 5.81. The lowest BCUT2D eigenvalue weighted by Crippen LogP contribution is -2.09. The maximum absolute atomic E-state index is 8.30. The zero-order valence-corrected chi connectivity index (χ0v) is 10.9. The summed E-state index contributed by atoms with van der Waals surface area (Å²) in [7, 11) is 0. The van der Waals surface area contributed by atoms with Crippen molar-refractivity contribution in [3.63, 3.8) is 0 Å². The van der Waals surface area contributed by atoms with Crippen molar-refractivity contribution in [2.75, 3.05) is 4.90 Å². The third kappa shape index (κ3) is 2.68. The van der Waals surface area contributed by atoms with Crippen molar-refractivity contribution in [1.82, 2.24) is 0 Å². The van der Waals surface area contributed by atoms with Crippen LogP contribution in [-0.4, -0.2) is 0 Å². The normalized spacial score (nSPS) is 17.2. The zero-order valence-electron chi connectivity index (χ0n) is 20.1. The van der Waals surface area contributed by atoms with Gasteiger partial charge in [0, 0.05) is 22.1 Å². The van der Waals surface area contributed by atoms with E-state index in [1.807, 2.05) is 0 Å². The third-order valence-electron chi connectivity index (χ3n) is 2.51. The van der Waals surface area contributed by atoms with E-state index in [0.29, 0.717) is 5.02 Å². The Morgan fingerprint density at radius 3 is 1.55 bits per heavy atom. The summed E-state index contributed by atoms with van der Waals surface area (Å²) in [6.45, 7) is 0. The second kappa shape index (κ2) is 5.81. The molecule has 0 atom stereocenters. The fraction of sp³-hybridized carbons (Fsp3) is 0. The van der Waals surface area contributed by atoms with Gasteiger partial charge < -0.3 is 4.90 Å². The Labute approximate surface area is 138 Å². The Balaban J connectivity index is 2.50. The van der Waals surface area contributed by atoms with E-state index in [9.17, 15) is 0 Å². The first kappa shape index (κ1) is 5.63. The van der Waals surface area contributed by atoms with Gasteiger partial charge in [0.1, 0.15) is 0 Å². The molecule has 98 valence electrons. The molecule has 0 aliphatic rings. The molecule has 0 saturated heterocycles. The molecule has 0 spiro atoms. The summed E-state index contributed by atoms with van der Waals surface area (Å²) in [5.41, 5.74) is -0.486. The molecule has 3 aromatic rings. The van der Waals surface area contributed by atoms with Crippen molar-refractivity contribution >= 4 is 28.7 Å². The number of hydrogen-bond acceptors (Lipinski definition) is 1. The van der Waals surface area contributed by atoms with Gasteiger partial charge in [0.05, 0.1) is 13.7 Å². The van der Waals surface area contributed by atoms with Crippen LogP contribution in [0.5, 0.6) is 0 Å². The van der Waals surface area contributed by atoms with Crippen LogP contribution in [0, 0.1) is 0 Å². The Morgan fingerprint density at radius 2 is 1.10 bits per heavy atom. The van der Waals surface area contributed by atoms with Gasteiger partial charge in [-0.25, -0.2) is 0 Å². The van der Waals surface area contributed by atoms with Gasteiger partial charge in [0.25, 0.3) is 0 Å². The van der Waals surface area contributed by atoms with Gasteiger partial charge in [-0.05, 0) is 48.4 Å². The van der Waals surface area contributed by atoms with Gasteiger partial charge in [0.2, 0.25) is 0 Å². The number of anilines is 3. The molecule has 0 N–H and O–H groups in total. The van der Waals surface area contributed by atoms with Crippen LogP contribution in [0.4, 0.5) is 17.1 Å². The van der Waals surface area contributed by atoms with E-state index in [4.69, 9.17) is 25.3 Å². The van der Waals surface area contributed by atoms with Crippen LogP contribution in [-0.2, 0) is 0 Å². The van der Waals surface area contributed by atoms with Crippen molar-refractivity contribution in [3.05, 3.63) is 89.7 Å². The summed E-state index contributed by atoms with van der Waals surface area (Å²) >= 11 is 5.94. The van der Waals surface area contributed by atoms with E-state index in [1.165, 1.54) is 24.3 Å². The van der Waals surface area contributed by atoms with Gasteiger partial charge in [-0.15, -0.1) is 0 Å². The van der Waals surface area contributed by atoms with Crippen molar-refractivity contribution in [1.29, 1.82) is 0 Å². The molecule has 0 aliphatic heterocycles. The van der Waals surface area contributed by atoms with E-state index in [2.05, 4.69) is 0 Å². The van der Waals surface area contributed by atoms with Crippen LogP contribution >= 0.6 is 11.6 Å². The molecule has 2 heteroatoms. The first-order chi connectivity index (χ1) is 14.0. The summed E-state index contributed by atoms with van der Waals surface area (Å²) in [5.74, 6) is 0. The molecule has 3 aromatic carbocycles. The standard InChI is InChI=1S/C18H14ClN/c19-15-11-13-18(14-12-15)20(16-7-3-1-4-8-16)17-9-5-2-6-10-17/h1-14H/i1D,2D,3D,4D,5D,6D,7D,8D,9D,10D. The lowest BCUT2D eigenvalue weighted by Gasteiger charge is -2.25. The fourth-order valence-electron chi connectivity index (χ4n) is 1.67. The van der Waals surface area contributed by atoms with Crippen molar-refractivity contribution < 1.29 is 13.7 Å².